The highest BCUT2D eigenvalue weighted by Gasteiger charge is 2.27. The van der Waals surface area contributed by atoms with Crippen LogP contribution in [0.15, 0.2) is 60.7 Å². The molecule has 1 unspecified atom stereocenters. The predicted molar refractivity (Wildman–Crippen MR) is 95.2 cm³/mol. The Morgan fingerprint density at radius 1 is 0.957 bits per heavy atom. The van der Waals surface area contributed by atoms with Crippen LogP contribution in [-0.4, -0.2) is 13.0 Å². The second-order valence-electron chi connectivity index (χ2n) is 6.00. The minimum absolute atomic E-state index is 0.0684. The van der Waals surface area contributed by atoms with Gasteiger partial charge in [-0.25, -0.2) is 0 Å². The topological polar surface area (TPSA) is 32.3 Å². The second-order valence-corrected chi connectivity index (χ2v) is 6.00. The van der Waals surface area contributed by atoms with Gasteiger partial charge < -0.3 is 10.2 Å². The van der Waals surface area contributed by atoms with Gasteiger partial charge in [-0.1, -0.05) is 42.5 Å². The van der Waals surface area contributed by atoms with Gasteiger partial charge in [0, 0.05) is 35.1 Å². The third-order valence-corrected chi connectivity index (χ3v) is 4.59. The minimum atomic E-state index is 0.0684. The molecule has 1 aliphatic heterocycles. The van der Waals surface area contributed by atoms with Gasteiger partial charge in [-0.3, -0.25) is 4.79 Å². The maximum Gasteiger partial charge on any atom is 0.258 e. The summed E-state index contributed by atoms with van der Waals surface area (Å²) in [5.74, 6) is 0.0684. The molecule has 3 aromatic carbocycles. The zero-order valence-corrected chi connectivity index (χ0v) is 13.2. The Hall–Kier alpha value is -2.81. The zero-order valence-electron chi connectivity index (χ0n) is 13.2. The van der Waals surface area contributed by atoms with Crippen LogP contribution in [0.4, 0.5) is 11.4 Å². The molecule has 114 valence electrons. The van der Waals surface area contributed by atoms with Crippen molar-refractivity contribution in [2.75, 3.05) is 17.3 Å². The van der Waals surface area contributed by atoms with Crippen LogP contribution in [0.25, 0.3) is 10.8 Å². The van der Waals surface area contributed by atoms with Crippen LogP contribution < -0.4 is 10.2 Å². The molecule has 4 rings (SSSR count). The third-order valence-electron chi connectivity index (χ3n) is 4.59. The van der Waals surface area contributed by atoms with Crippen molar-refractivity contribution in [3.05, 3.63) is 71.8 Å². The first-order chi connectivity index (χ1) is 11.2. The molecule has 3 nitrogen and oxygen atoms in total. The molecule has 0 saturated heterocycles. The van der Waals surface area contributed by atoms with E-state index in [2.05, 4.69) is 48.6 Å². The van der Waals surface area contributed by atoms with E-state index < -0.39 is 0 Å². The molecule has 1 N–H and O–H groups in total. The van der Waals surface area contributed by atoms with Crippen molar-refractivity contribution < 1.29 is 4.79 Å². The molecule has 3 aromatic rings. The van der Waals surface area contributed by atoms with Gasteiger partial charge in [0.1, 0.15) is 0 Å². The van der Waals surface area contributed by atoms with Crippen LogP contribution in [0.3, 0.4) is 0 Å². The quantitative estimate of drug-likeness (QED) is 0.766. The molecule has 0 fully saturated rings. The number of hydrogen-bond donors (Lipinski definition) is 1. The SMILES string of the molecule is CC(Nc1ccc2c3c(cccc13)C(=O)N2C)c1ccccc1. The normalized spacial score (nSPS) is 14.3. The summed E-state index contributed by atoms with van der Waals surface area (Å²) in [7, 11) is 1.83. The van der Waals surface area contributed by atoms with Crippen molar-refractivity contribution >= 4 is 28.1 Å². The molecule has 1 atom stereocenters. The first-order valence-electron chi connectivity index (χ1n) is 7.82. The molecule has 0 spiro atoms. The summed E-state index contributed by atoms with van der Waals surface area (Å²) in [6.07, 6.45) is 0. The predicted octanol–water partition coefficient (Wildman–Crippen LogP) is 4.60. The van der Waals surface area contributed by atoms with Crippen molar-refractivity contribution in [1.82, 2.24) is 0 Å². The van der Waals surface area contributed by atoms with E-state index in [0.29, 0.717) is 0 Å². The number of benzene rings is 3. The first-order valence-corrected chi connectivity index (χ1v) is 7.82. The van der Waals surface area contributed by atoms with Crippen LogP contribution in [0, 0.1) is 0 Å². The average molecular weight is 302 g/mol. The molecule has 1 aliphatic rings. The highest BCUT2D eigenvalue weighted by Crippen LogP contribution is 2.40. The van der Waals surface area contributed by atoms with Crippen molar-refractivity contribution in [3.63, 3.8) is 0 Å². The molecule has 1 heterocycles. The van der Waals surface area contributed by atoms with Crippen LogP contribution in [0.5, 0.6) is 0 Å². The van der Waals surface area contributed by atoms with Gasteiger partial charge >= 0.3 is 0 Å². The summed E-state index contributed by atoms with van der Waals surface area (Å²) in [6.45, 7) is 2.15. The Labute approximate surface area is 135 Å². The Kier molecular flexibility index (Phi) is 3.08. The maximum atomic E-state index is 12.3. The van der Waals surface area contributed by atoms with Crippen molar-refractivity contribution in [1.29, 1.82) is 0 Å². The minimum Gasteiger partial charge on any atom is -0.378 e. The van der Waals surface area contributed by atoms with Gasteiger partial charge in [-0.15, -0.1) is 0 Å². The molecule has 3 heteroatoms. The van der Waals surface area contributed by atoms with Gasteiger partial charge in [0.2, 0.25) is 0 Å². The fourth-order valence-corrected chi connectivity index (χ4v) is 3.32. The molecule has 0 saturated carbocycles. The Morgan fingerprint density at radius 3 is 2.52 bits per heavy atom. The van der Waals surface area contributed by atoms with E-state index in [4.69, 9.17) is 0 Å². The van der Waals surface area contributed by atoms with Crippen molar-refractivity contribution in [2.45, 2.75) is 13.0 Å². The lowest BCUT2D eigenvalue weighted by atomic mass is 10.0. The van der Waals surface area contributed by atoms with E-state index in [1.165, 1.54) is 5.56 Å². The van der Waals surface area contributed by atoms with Gasteiger partial charge in [-0.05, 0) is 30.7 Å². The fraction of sp³-hybridized carbons (Fsp3) is 0.150. The summed E-state index contributed by atoms with van der Waals surface area (Å²) in [4.78, 5) is 14.1. The fourth-order valence-electron chi connectivity index (χ4n) is 3.32. The number of carbonyl (C=O) groups excluding carboxylic acids is 1. The van der Waals surface area contributed by atoms with E-state index in [0.717, 1.165) is 27.7 Å². The van der Waals surface area contributed by atoms with Crippen LogP contribution in [0.1, 0.15) is 28.9 Å². The molecular formula is C20H18N2O. The van der Waals surface area contributed by atoms with Crippen LogP contribution in [0.2, 0.25) is 0 Å². The number of anilines is 2. The van der Waals surface area contributed by atoms with Crippen LogP contribution in [-0.2, 0) is 0 Å². The standard InChI is InChI=1S/C20H18N2O/c1-13(14-7-4-3-5-8-14)21-17-11-12-18-19-15(17)9-6-10-16(19)20(23)22(18)2/h3-13,21H,1-2H3. The molecule has 0 bridgehead atoms. The van der Waals surface area contributed by atoms with Gasteiger partial charge in [0.05, 0.1) is 5.69 Å². The van der Waals surface area contributed by atoms with Gasteiger partial charge in [0.15, 0.2) is 0 Å². The highest BCUT2D eigenvalue weighted by atomic mass is 16.2. The van der Waals surface area contributed by atoms with Gasteiger partial charge in [-0.2, -0.15) is 0 Å². The van der Waals surface area contributed by atoms with E-state index >= 15 is 0 Å². The monoisotopic (exact) mass is 302 g/mol. The summed E-state index contributed by atoms with van der Waals surface area (Å²) in [6, 6.07) is 20.6. The van der Waals surface area contributed by atoms with Crippen molar-refractivity contribution in [2.24, 2.45) is 0 Å². The van der Waals surface area contributed by atoms with E-state index in [1.807, 2.05) is 31.3 Å². The average Bonchev–Trinajstić information content (AvgIpc) is 2.84. The molecular weight excluding hydrogens is 284 g/mol. The number of amides is 1. The third kappa shape index (κ3) is 2.08. The summed E-state index contributed by atoms with van der Waals surface area (Å²) in [5.41, 5.74) is 4.07. The maximum absolute atomic E-state index is 12.3. The smallest absolute Gasteiger partial charge is 0.258 e. The molecule has 0 radical (unpaired) electrons. The largest absolute Gasteiger partial charge is 0.378 e. The van der Waals surface area contributed by atoms with E-state index in [-0.39, 0.29) is 11.9 Å². The number of hydrogen-bond acceptors (Lipinski definition) is 2. The first kappa shape index (κ1) is 13.8. The van der Waals surface area contributed by atoms with Crippen molar-refractivity contribution in [3.8, 4) is 0 Å². The van der Waals surface area contributed by atoms with Gasteiger partial charge in [0.25, 0.3) is 5.91 Å². The van der Waals surface area contributed by atoms with Crippen LogP contribution >= 0.6 is 0 Å². The molecule has 0 aromatic heterocycles. The number of rotatable bonds is 3. The number of carbonyl (C=O) groups is 1. The second kappa shape index (κ2) is 5.13. The summed E-state index contributed by atoms with van der Waals surface area (Å²) in [5, 5.41) is 5.73. The lowest BCUT2D eigenvalue weighted by Gasteiger charge is -2.18. The molecule has 1 amide bonds. The summed E-state index contributed by atoms with van der Waals surface area (Å²) >= 11 is 0. The Bertz CT molecular complexity index is 902. The molecule has 0 aliphatic carbocycles. The number of nitrogens with one attached hydrogen (secondary N) is 1. The lowest BCUT2D eigenvalue weighted by Crippen LogP contribution is -2.20. The zero-order chi connectivity index (χ0) is 16.0. The molecule has 23 heavy (non-hydrogen) atoms. The van der Waals surface area contributed by atoms with E-state index in [1.54, 1.807) is 4.90 Å². The lowest BCUT2D eigenvalue weighted by molar-refractivity contribution is 0.0999. The van der Waals surface area contributed by atoms with E-state index in [9.17, 15) is 4.79 Å². The number of nitrogens with zero attached hydrogens (tertiary/aromatic N) is 1. The Morgan fingerprint density at radius 2 is 1.74 bits per heavy atom. The Balaban J connectivity index is 1.80. The highest BCUT2D eigenvalue weighted by molar-refractivity contribution is 6.26. The summed E-state index contributed by atoms with van der Waals surface area (Å²) < 4.78 is 0.